The van der Waals surface area contributed by atoms with Crippen LogP contribution in [0.4, 0.5) is 0 Å². The molecule has 0 aromatic carbocycles. The van der Waals surface area contributed by atoms with Gasteiger partial charge >= 0.3 is 0 Å². The first-order valence-corrected chi connectivity index (χ1v) is 5.36. The van der Waals surface area contributed by atoms with E-state index in [0.717, 1.165) is 18.5 Å². The van der Waals surface area contributed by atoms with Crippen LogP contribution >= 0.6 is 0 Å². The van der Waals surface area contributed by atoms with Gasteiger partial charge in [0, 0.05) is 6.04 Å². The van der Waals surface area contributed by atoms with Crippen LogP contribution in [-0.2, 0) is 0 Å². The Morgan fingerprint density at radius 3 is 2.75 bits per heavy atom. The summed E-state index contributed by atoms with van der Waals surface area (Å²) in [6.45, 7) is 3.57. The number of fused-ring (bicyclic) bond motifs is 1. The Morgan fingerprint density at radius 1 is 1.08 bits per heavy atom. The highest BCUT2D eigenvalue weighted by Gasteiger charge is 2.31. The topological polar surface area (TPSA) is 29.3 Å². The molecule has 2 atom stereocenters. The van der Waals surface area contributed by atoms with E-state index in [4.69, 9.17) is 5.73 Å². The lowest BCUT2D eigenvalue weighted by Gasteiger charge is -2.27. The molecule has 0 aromatic heterocycles. The van der Waals surface area contributed by atoms with Crippen molar-refractivity contribution >= 4 is 0 Å². The Balaban J connectivity index is 2.02. The molecule has 2 heteroatoms. The molecular formula is C10H20N2. The summed E-state index contributed by atoms with van der Waals surface area (Å²) in [6.07, 6.45) is 6.97. The first-order valence-electron chi connectivity index (χ1n) is 5.36. The number of hydrogen-bond acceptors (Lipinski definition) is 2. The van der Waals surface area contributed by atoms with E-state index >= 15 is 0 Å². The van der Waals surface area contributed by atoms with Gasteiger partial charge in [-0.1, -0.05) is 6.42 Å². The van der Waals surface area contributed by atoms with Crippen molar-refractivity contribution in [3.05, 3.63) is 0 Å². The second-order valence-electron chi connectivity index (χ2n) is 4.24. The Labute approximate surface area is 75.1 Å². The number of nitrogens with zero attached hydrogens (tertiary/aromatic N) is 1. The van der Waals surface area contributed by atoms with Gasteiger partial charge in [-0.3, -0.25) is 0 Å². The molecule has 12 heavy (non-hydrogen) atoms. The number of nitrogens with two attached hydrogens (primary N) is 1. The van der Waals surface area contributed by atoms with Crippen LogP contribution in [0.5, 0.6) is 0 Å². The smallest absolute Gasteiger partial charge is 0.0136 e. The van der Waals surface area contributed by atoms with Gasteiger partial charge in [0.15, 0.2) is 0 Å². The van der Waals surface area contributed by atoms with E-state index in [0.29, 0.717) is 0 Å². The third-order valence-electron chi connectivity index (χ3n) is 3.53. The molecule has 2 heterocycles. The normalized spacial score (nSPS) is 37.8. The molecular weight excluding hydrogens is 148 g/mol. The third-order valence-corrected chi connectivity index (χ3v) is 3.53. The van der Waals surface area contributed by atoms with Crippen LogP contribution < -0.4 is 5.73 Å². The third kappa shape index (κ3) is 1.50. The zero-order chi connectivity index (χ0) is 8.39. The van der Waals surface area contributed by atoms with E-state index in [-0.39, 0.29) is 0 Å². The lowest BCUT2D eigenvalue weighted by molar-refractivity contribution is 0.210. The highest BCUT2D eigenvalue weighted by atomic mass is 15.2. The molecule has 2 saturated heterocycles. The van der Waals surface area contributed by atoms with E-state index in [9.17, 15) is 0 Å². The molecule has 2 N–H and O–H groups in total. The second kappa shape index (κ2) is 3.75. The summed E-state index contributed by atoms with van der Waals surface area (Å²) >= 11 is 0. The highest BCUT2D eigenvalue weighted by Crippen LogP contribution is 2.29. The standard InChI is InChI=1S/C10H20N2/c11-8-9-4-1-2-6-12-7-3-5-10(9)12/h9-10H,1-8,11H2. The van der Waals surface area contributed by atoms with Gasteiger partial charge in [-0.25, -0.2) is 0 Å². The Morgan fingerprint density at radius 2 is 1.92 bits per heavy atom. The Bertz CT molecular complexity index is 147. The minimum absolute atomic E-state index is 0.801. The molecule has 0 radical (unpaired) electrons. The van der Waals surface area contributed by atoms with Crippen molar-refractivity contribution in [1.82, 2.24) is 4.90 Å². The van der Waals surface area contributed by atoms with Crippen molar-refractivity contribution in [1.29, 1.82) is 0 Å². The predicted molar refractivity (Wildman–Crippen MR) is 51.0 cm³/mol. The molecule has 0 spiro atoms. The molecule has 0 bridgehead atoms. The fourth-order valence-electron chi connectivity index (χ4n) is 2.85. The van der Waals surface area contributed by atoms with Gasteiger partial charge in [0.2, 0.25) is 0 Å². The van der Waals surface area contributed by atoms with Gasteiger partial charge in [0.1, 0.15) is 0 Å². The molecule has 2 unspecified atom stereocenters. The van der Waals surface area contributed by atoms with E-state index < -0.39 is 0 Å². The molecule has 2 aliphatic heterocycles. The summed E-state index contributed by atoms with van der Waals surface area (Å²) in [6, 6.07) is 0.845. The summed E-state index contributed by atoms with van der Waals surface area (Å²) in [5.74, 6) is 0.801. The largest absolute Gasteiger partial charge is 0.330 e. The van der Waals surface area contributed by atoms with Crippen LogP contribution in [0.1, 0.15) is 32.1 Å². The summed E-state index contributed by atoms with van der Waals surface area (Å²) in [7, 11) is 0. The molecule has 0 aromatic rings. The van der Waals surface area contributed by atoms with Crippen molar-refractivity contribution in [3.8, 4) is 0 Å². The lowest BCUT2D eigenvalue weighted by atomic mass is 9.94. The zero-order valence-corrected chi connectivity index (χ0v) is 7.84. The average molecular weight is 168 g/mol. The molecule has 2 aliphatic rings. The second-order valence-corrected chi connectivity index (χ2v) is 4.24. The fraction of sp³-hybridized carbons (Fsp3) is 1.00. The van der Waals surface area contributed by atoms with Crippen molar-refractivity contribution in [2.24, 2.45) is 11.7 Å². The maximum atomic E-state index is 5.80. The zero-order valence-electron chi connectivity index (χ0n) is 7.84. The van der Waals surface area contributed by atoms with Crippen LogP contribution in [0, 0.1) is 5.92 Å². The highest BCUT2D eigenvalue weighted by molar-refractivity contribution is 4.87. The minimum atomic E-state index is 0.801. The summed E-state index contributed by atoms with van der Waals surface area (Å²) in [5.41, 5.74) is 5.80. The van der Waals surface area contributed by atoms with Gasteiger partial charge in [0.25, 0.3) is 0 Å². The van der Waals surface area contributed by atoms with Crippen LogP contribution in [0.2, 0.25) is 0 Å². The van der Waals surface area contributed by atoms with E-state index in [1.807, 2.05) is 0 Å². The Hall–Kier alpha value is -0.0800. The Kier molecular flexibility index (Phi) is 2.66. The molecule has 2 nitrogen and oxygen atoms in total. The summed E-state index contributed by atoms with van der Waals surface area (Å²) in [5, 5.41) is 0. The van der Waals surface area contributed by atoms with Gasteiger partial charge in [0.05, 0.1) is 0 Å². The van der Waals surface area contributed by atoms with Crippen molar-refractivity contribution in [2.45, 2.75) is 38.1 Å². The van der Waals surface area contributed by atoms with Crippen LogP contribution in [0.25, 0.3) is 0 Å². The maximum Gasteiger partial charge on any atom is 0.0136 e. The molecule has 0 saturated carbocycles. The first kappa shape index (κ1) is 8.52. The van der Waals surface area contributed by atoms with Crippen LogP contribution in [-0.4, -0.2) is 30.6 Å². The van der Waals surface area contributed by atoms with Gasteiger partial charge in [-0.2, -0.15) is 0 Å². The average Bonchev–Trinajstić information content (AvgIpc) is 2.46. The predicted octanol–water partition coefficient (Wildman–Crippen LogP) is 1.21. The first-order chi connectivity index (χ1) is 5.92. The van der Waals surface area contributed by atoms with Crippen LogP contribution in [0.3, 0.4) is 0 Å². The molecule has 70 valence electrons. The van der Waals surface area contributed by atoms with Gasteiger partial charge < -0.3 is 10.6 Å². The van der Waals surface area contributed by atoms with E-state index in [1.54, 1.807) is 0 Å². The SMILES string of the molecule is NCC1CCCCN2CCCC12. The van der Waals surface area contributed by atoms with Gasteiger partial charge in [-0.15, -0.1) is 0 Å². The summed E-state index contributed by atoms with van der Waals surface area (Å²) in [4.78, 5) is 2.67. The van der Waals surface area contributed by atoms with Crippen LogP contribution in [0.15, 0.2) is 0 Å². The molecule has 0 aliphatic carbocycles. The van der Waals surface area contributed by atoms with E-state index in [2.05, 4.69) is 4.90 Å². The van der Waals surface area contributed by atoms with E-state index in [1.165, 1.54) is 45.2 Å². The maximum absolute atomic E-state index is 5.80. The fourth-order valence-corrected chi connectivity index (χ4v) is 2.85. The van der Waals surface area contributed by atoms with Crippen molar-refractivity contribution in [2.75, 3.05) is 19.6 Å². The monoisotopic (exact) mass is 168 g/mol. The minimum Gasteiger partial charge on any atom is -0.330 e. The number of rotatable bonds is 1. The number of hydrogen-bond donors (Lipinski definition) is 1. The van der Waals surface area contributed by atoms with Crippen molar-refractivity contribution < 1.29 is 0 Å². The lowest BCUT2D eigenvalue weighted by Crippen LogP contribution is -2.37. The van der Waals surface area contributed by atoms with Crippen molar-refractivity contribution in [3.63, 3.8) is 0 Å². The molecule has 2 rings (SSSR count). The molecule has 0 amide bonds. The molecule has 2 fully saturated rings. The summed E-state index contributed by atoms with van der Waals surface area (Å²) < 4.78 is 0. The quantitative estimate of drug-likeness (QED) is 0.637. The van der Waals surface area contributed by atoms with Gasteiger partial charge in [-0.05, 0) is 51.2 Å².